The highest BCUT2D eigenvalue weighted by molar-refractivity contribution is 8.00. The van der Waals surface area contributed by atoms with Crippen LogP contribution >= 0.6 is 23.5 Å². The molecule has 6 rings (SSSR count). The summed E-state index contributed by atoms with van der Waals surface area (Å²) in [6, 6.07) is 3.38. The summed E-state index contributed by atoms with van der Waals surface area (Å²) in [5, 5.41) is 12.0. The third-order valence-corrected chi connectivity index (χ3v) is 13.0. The van der Waals surface area contributed by atoms with E-state index in [0.29, 0.717) is 0 Å². The van der Waals surface area contributed by atoms with E-state index in [-0.39, 0.29) is 0 Å². The van der Waals surface area contributed by atoms with Crippen LogP contribution in [0.4, 0.5) is 0 Å². The highest BCUT2D eigenvalue weighted by atomic mass is 32.2. The Morgan fingerprint density at radius 3 is 1.45 bits per heavy atom. The van der Waals surface area contributed by atoms with Gasteiger partial charge in [0.2, 0.25) is 0 Å². The summed E-state index contributed by atoms with van der Waals surface area (Å²) in [6.07, 6.45) is 22.3. The van der Waals surface area contributed by atoms with Gasteiger partial charge in [0.25, 0.3) is 0 Å². The number of thioether (sulfide) groups is 2. The van der Waals surface area contributed by atoms with Crippen molar-refractivity contribution in [2.75, 3.05) is 0 Å². The lowest BCUT2D eigenvalue weighted by atomic mass is 9.74. The molecule has 0 aromatic heterocycles. The van der Waals surface area contributed by atoms with Gasteiger partial charge in [-0.05, 0) is 82.5 Å². The minimum atomic E-state index is 0.840. The molecule has 6 aliphatic rings. The zero-order valence-electron chi connectivity index (χ0n) is 18.2. The van der Waals surface area contributed by atoms with Gasteiger partial charge in [-0.15, -0.1) is 0 Å². The molecule has 29 heavy (non-hydrogen) atoms. The largest absolute Gasteiger partial charge is 0.309 e. The van der Waals surface area contributed by atoms with E-state index >= 15 is 0 Å². The Morgan fingerprint density at radius 1 is 0.483 bits per heavy atom. The number of hydrogen-bond donors (Lipinski definition) is 2. The predicted octanol–water partition coefficient (Wildman–Crippen LogP) is 5.75. The van der Waals surface area contributed by atoms with E-state index in [1.165, 1.54) is 89.9 Å². The maximum absolute atomic E-state index is 4.11. The lowest BCUT2D eigenvalue weighted by Gasteiger charge is -2.50. The van der Waals surface area contributed by atoms with Gasteiger partial charge in [0.05, 0.1) is 0 Å². The minimum absolute atomic E-state index is 0.840. The molecule has 4 heteroatoms. The van der Waals surface area contributed by atoms with E-state index in [0.717, 1.165) is 57.0 Å². The first kappa shape index (κ1) is 20.2. The molecule has 0 aromatic rings. The van der Waals surface area contributed by atoms with Crippen molar-refractivity contribution in [1.82, 2.24) is 10.6 Å². The number of nitrogens with one attached hydrogen (secondary N) is 2. The van der Waals surface area contributed by atoms with Crippen LogP contribution in [0.5, 0.6) is 0 Å². The molecule has 0 amide bonds. The molecular weight excluding hydrogens is 392 g/mol. The van der Waals surface area contributed by atoms with E-state index < -0.39 is 0 Å². The predicted molar refractivity (Wildman–Crippen MR) is 128 cm³/mol. The van der Waals surface area contributed by atoms with Gasteiger partial charge >= 0.3 is 0 Å². The van der Waals surface area contributed by atoms with Crippen LogP contribution in [0.25, 0.3) is 0 Å². The molecule has 10 atom stereocenters. The van der Waals surface area contributed by atoms with Crippen molar-refractivity contribution in [2.24, 2.45) is 11.8 Å². The highest BCUT2D eigenvalue weighted by Gasteiger charge is 2.44. The average molecular weight is 435 g/mol. The van der Waals surface area contributed by atoms with Crippen molar-refractivity contribution < 1.29 is 0 Å². The molecule has 4 aliphatic carbocycles. The molecule has 10 unspecified atom stereocenters. The van der Waals surface area contributed by atoms with E-state index in [1.807, 2.05) is 0 Å². The summed E-state index contributed by atoms with van der Waals surface area (Å²) < 4.78 is 0. The quantitative estimate of drug-likeness (QED) is 0.578. The summed E-state index contributed by atoms with van der Waals surface area (Å²) in [5.74, 6) is 2.05. The van der Waals surface area contributed by atoms with E-state index in [1.54, 1.807) is 6.42 Å². The van der Waals surface area contributed by atoms with Gasteiger partial charge in [0.15, 0.2) is 0 Å². The summed E-state index contributed by atoms with van der Waals surface area (Å²) in [6.45, 7) is 0. The van der Waals surface area contributed by atoms with E-state index in [9.17, 15) is 0 Å². The summed E-state index contributed by atoms with van der Waals surface area (Å²) >= 11 is 4.84. The van der Waals surface area contributed by atoms with Crippen LogP contribution in [0.2, 0.25) is 0 Å². The molecule has 2 saturated heterocycles. The van der Waals surface area contributed by atoms with Crippen LogP contribution in [-0.4, -0.2) is 45.2 Å². The first-order valence-electron chi connectivity index (χ1n) is 13.1. The average Bonchev–Trinajstić information content (AvgIpc) is 2.76. The Bertz CT molecular complexity index is 523. The van der Waals surface area contributed by atoms with Gasteiger partial charge in [-0.3, -0.25) is 0 Å². The molecule has 0 spiro atoms. The van der Waals surface area contributed by atoms with Crippen LogP contribution in [0.15, 0.2) is 0 Å². The van der Waals surface area contributed by atoms with Crippen molar-refractivity contribution in [3.63, 3.8) is 0 Å². The van der Waals surface area contributed by atoms with Crippen LogP contribution < -0.4 is 10.6 Å². The molecule has 0 aromatic carbocycles. The van der Waals surface area contributed by atoms with Gasteiger partial charge in [-0.25, -0.2) is 0 Å². The fourth-order valence-corrected chi connectivity index (χ4v) is 11.8. The van der Waals surface area contributed by atoms with Crippen molar-refractivity contribution in [3.8, 4) is 0 Å². The van der Waals surface area contributed by atoms with Gasteiger partial charge < -0.3 is 10.6 Å². The van der Waals surface area contributed by atoms with Crippen LogP contribution in [-0.2, 0) is 0 Å². The third kappa shape index (κ3) is 4.31. The van der Waals surface area contributed by atoms with Crippen LogP contribution in [0.1, 0.15) is 96.3 Å². The van der Waals surface area contributed by atoms with Gasteiger partial charge in [0.1, 0.15) is 0 Å². The molecule has 6 fully saturated rings. The molecule has 4 saturated carbocycles. The Hall–Kier alpha value is 0.620. The second-order valence-corrected chi connectivity index (χ2v) is 14.3. The summed E-state index contributed by atoms with van der Waals surface area (Å²) in [5.41, 5.74) is 0. The topological polar surface area (TPSA) is 24.1 Å². The fourth-order valence-electron chi connectivity index (χ4n) is 7.91. The third-order valence-electron chi connectivity index (χ3n) is 9.43. The monoisotopic (exact) mass is 434 g/mol. The molecule has 0 radical (unpaired) electrons. The second-order valence-electron chi connectivity index (χ2n) is 11.3. The summed E-state index contributed by atoms with van der Waals surface area (Å²) in [7, 11) is 0. The van der Waals surface area contributed by atoms with Crippen LogP contribution in [0.3, 0.4) is 0 Å². The smallest absolute Gasteiger partial charge is 0.0207 e. The standard InChI is InChI=1S/C25H42N2S2/c1-3-7-22-18(5-1)26-20-11-9-16(14-24(20)28-22)13-17-10-12-21-25(15-17)29-23-8-4-2-6-19(23)27-21/h16-27H,1-15H2. The maximum atomic E-state index is 4.11. The minimum Gasteiger partial charge on any atom is -0.309 e. The van der Waals surface area contributed by atoms with Gasteiger partial charge in [0, 0.05) is 45.2 Å². The van der Waals surface area contributed by atoms with Gasteiger partial charge in [-0.2, -0.15) is 23.5 Å². The SMILES string of the molecule is C1CCC2SC3CC(CC4CCC5NC6CCCCC6SC5C4)CCC3NC2C1. The van der Waals surface area contributed by atoms with E-state index in [4.69, 9.17) is 0 Å². The highest BCUT2D eigenvalue weighted by Crippen LogP contribution is 2.47. The lowest BCUT2D eigenvalue weighted by molar-refractivity contribution is 0.188. The van der Waals surface area contributed by atoms with Gasteiger partial charge in [-0.1, -0.05) is 25.7 Å². The van der Waals surface area contributed by atoms with Crippen molar-refractivity contribution in [1.29, 1.82) is 0 Å². The Kier molecular flexibility index (Phi) is 6.19. The Morgan fingerprint density at radius 2 is 0.931 bits per heavy atom. The maximum Gasteiger partial charge on any atom is 0.0207 e. The molecule has 2 N–H and O–H groups in total. The number of fused-ring (bicyclic) bond motifs is 4. The first-order chi connectivity index (χ1) is 14.3. The second kappa shape index (κ2) is 8.87. The van der Waals surface area contributed by atoms with Crippen molar-refractivity contribution in [2.45, 2.75) is 141 Å². The first-order valence-corrected chi connectivity index (χ1v) is 15.0. The molecule has 2 nitrogen and oxygen atoms in total. The normalized spacial score (nSPS) is 52.6. The lowest BCUT2D eigenvalue weighted by Crippen LogP contribution is -2.57. The Labute approximate surface area is 187 Å². The zero-order valence-corrected chi connectivity index (χ0v) is 19.8. The molecule has 2 aliphatic heterocycles. The van der Waals surface area contributed by atoms with E-state index in [2.05, 4.69) is 34.2 Å². The molecule has 164 valence electrons. The van der Waals surface area contributed by atoms with Crippen LogP contribution in [0, 0.1) is 11.8 Å². The summed E-state index contributed by atoms with van der Waals surface area (Å²) in [4.78, 5) is 0. The van der Waals surface area contributed by atoms with Crippen molar-refractivity contribution in [3.05, 3.63) is 0 Å². The molecular formula is C25H42N2S2. The molecule has 0 bridgehead atoms. The zero-order chi connectivity index (χ0) is 19.2. The number of rotatable bonds is 2. The fraction of sp³-hybridized carbons (Fsp3) is 1.00. The molecule has 2 heterocycles. The van der Waals surface area contributed by atoms with Crippen molar-refractivity contribution >= 4 is 23.5 Å². The Balaban J connectivity index is 1.02. The number of hydrogen-bond acceptors (Lipinski definition) is 4.